The summed E-state index contributed by atoms with van der Waals surface area (Å²) in [4.78, 5) is 25.2. The highest BCUT2D eigenvalue weighted by atomic mass is 16.3. The van der Waals surface area contributed by atoms with E-state index in [1.807, 2.05) is 0 Å². The van der Waals surface area contributed by atoms with Crippen molar-refractivity contribution < 1.29 is 14.7 Å². The van der Waals surface area contributed by atoms with E-state index >= 15 is 0 Å². The minimum atomic E-state index is -1.19. The lowest BCUT2D eigenvalue weighted by atomic mass is 9.83. The van der Waals surface area contributed by atoms with Crippen molar-refractivity contribution in [2.24, 2.45) is 0 Å². The SMILES string of the molecule is CC(C)(O)Nc1cccc2c1C(=O)c1ccccc1C2=O. The molecule has 0 saturated carbocycles. The largest absolute Gasteiger partial charge is 0.372 e. The molecule has 0 unspecified atom stereocenters. The van der Waals surface area contributed by atoms with Gasteiger partial charge in [-0.05, 0) is 19.9 Å². The van der Waals surface area contributed by atoms with Gasteiger partial charge >= 0.3 is 0 Å². The third-order valence-electron chi connectivity index (χ3n) is 3.39. The van der Waals surface area contributed by atoms with Gasteiger partial charge in [0.2, 0.25) is 0 Å². The number of hydrogen-bond acceptors (Lipinski definition) is 4. The molecule has 0 atom stereocenters. The van der Waals surface area contributed by atoms with Gasteiger partial charge in [-0.2, -0.15) is 0 Å². The predicted molar refractivity (Wildman–Crippen MR) is 79.7 cm³/mol. The molecule has 0 radical (unpaired) electrons. The molecule has 0 aromatic heterocycles. The van der Waals surface area contributed by atoms with E-state index in [1.165, 1.54) is 0 Å². The summed E-state index contributed by atoms with van der Waals surface area (Å²) in [5.41, 5.74) is 0.801. The predicted octanol–water partition coefficient (Wildman–Crippen LogP) is 2.60. The number of benzene rings is 2. The normalized spacial score (nSPS) is 13.7. The molecule has 3 rings (SSSR count). The fourth-order valence-corrected chi connectivity index (χ4v) is 2.58. The second-order valence-electron chi connectivity index (χ2n) is 5.62. The van der Waals surface area contributed by atoms with Crippen LogP contribution in [0.15, 0.2) is 42.5 Å². The Labute approximate surface area is 122 Å². The number of fused-ring (bicyclic) bond motifs is 2. The van der Waals surface area contributed by atoms with Crippen molar-refractivity contribution in [3.63, 3.8) is 0 Å². The van der Waals surface area contributed by atoms with Gasteiger partial charge < -0.3 is 10.4 Å². The summed E-state index contributed by atoms with van der Waals surface area (Å²) in [6.07, 6.45) is 0. The van der Waals surface area contributed by atoms with E-state index in [2.05, 4.69) is 5.32 Å². The van der Waals surface area contributed by atoms with Crippen LogP contribution in [0.25, 0.3) is 0 Å². The summed E-state index contributed by atoms with van der Waals surface area (Å²) in [6.45, 7) is 3.16. The van der Waals surface area contributed by atoms with E-state index in [0.29, 0.717) is 27.9 Å². The van der Waals surface area contributed by atoms with E-state index in [1.54, 1.807) is 56.3 Å². The van der Waals surface area contributed by atoms with E-state index in [9.17, 15) is 14.7 Å². The molecule has 0 spiro atoms. The van der Waals surface area contributed by atoms with Crippen LogP contribution >= 0.6 is 0 Å². The van der Waals surface area contributed by atoms with E-state index in [4.69, 9.17) is 0 Å². The topological polar surface area (TPSA) is 66.4 Å². The van der Waals surface area contributed by atoms with Crippen LogP contribution in [0.1, 0.15) is 45.7 Å². The number of ketones is 2. The van der Waals surface area contributed by atoms with Crippen LogP contribution in [0, 0.1) is 0 Å². The zero-order valence-electron chi connectivity index (χ0n) is 11.8. The van der Waals surface area contributed by atoms with Gasteiger partial charge in [0.05, 0.1) is 5.56 Å². The molecule has 0 fully saturated rings. The Hall–Kier alpha value is -2.46. The van der Waals surface area contributed by atoms with Gasteiger partial charge in [-0.15, -0.1) is 0 Å². The number of hydrogen-bond donors (Lipinski definition) is 2. The van der Waals surface area contributed by atoms with Crippen molar-refractivity contribution in [2.75, 3.05) is 5.32 Å². The van der Waals surface area contributed by atoms with Crippen LogP contribution in [0.2, 0.25) is 0 Å². The lowest BCUT2D eigenvalue weighted by Crippen LogP contribution is -2.32. The number of aliphatic hydroxyl groups is 1. The third kappa shape index (κ3) is 2.23. The summed E-state index contributed by atoms with van der Waals surface area (Å²) in [5.74, 6) is -0.368. The standard InChI is InChI=1S/C17H15NO3/c1-17(2,21)18-13-9-5-8-12-14(13)16(20)11-7-4-3-6-10(11)15(12)19/h3-9,18,21H,1-2H3. The Balaban J connectivity index is 2.21. The maximum Gasteiger partial charge on any atom is 0.196 e. The molecule has 1 aliphatic rings. The summed E-state index contributed by atoms with van der Waals surface area (Å²) in [7, 11) is 0. The van der Waals surface area contributed by atoms with Gasteiger partial charge in [0.1, 0.15) is 5.72 Å². The highest BCUT2D eigenvalue weighted by Crippen LogP contribution is 2.32. The van der Waals surface area contributed by atoms with E-state index in [0.717, 1.165) is 0 Å². The quantitative estimate of drug-likeness (QED) is 0.709. The molecule has 4 nitrogen and oxygen atoms in total. The van der Waals surface area contributed by atoms with Gasteiger partial charge in [-0.25, -0.2) is 0 Å². The first-order valence-corrected chi connectivity index (χ1v) is 6.70. The van der Waals surface area contributed by atoms with Crippen molar-refractivity contribution in [2.45, 2.75) is 19.6 Å². The molecule has 2 aromatic carbocycles. The zero-order valence-corrected chi connectivity index (χ0v) is 11.8. The molecule has 2 N–H and O–H groups in total. The van der Waals surface area contributed by atoms with Crippen LogP contribution in [0.3, 0.4) is 0 Å². The van der Waals surface area contributed by atoms with E-state index in [-0.39, 0.29) is 11.6 Å². The Bertz CT molecular complexity index is 757. The Morgan fingerprint density at radius 1 is 0.857 bits per heavy atom. The molecule has 0 heterocycles. The first-order chi connectivity index (χ1) is 9.88. The molecule has 0 bridgehead atoms. The molecule has 106 valence electrons. The number of carbonyl (C=O) groups excluding carboxylic acids is 2. The maximum absolute atomic E-state index is 12.7. The first-order valence-electron chi connectivity index (χ1n) is 6.70. The fraction of sp³-hybridized carbons (Fsp3) is 0.176. The van der Waals surface area contributed by atoms with Crippen molar-refractivity contribution >= 4 is 17.3 Å². The molecule has 0 aliphatic heterocycles. The minimum Gasteiger partial charge on any atom is -0.372 e. The molecular formula is C17H15NO3. The number of nitrogens with one attached hydrogen (secondary N) is 1. The second-order valence-corrected chi connectivity index (χ2v) is 5.62. The lowest BCUT2D eigenvalue weighted by Gasteiger charge is -2.25. The summed E-state index contributed by atoms with van der Waals surface area (Å²) in [5, 5.41) is 12.8. The molecule has 0 saturated heterocycles. The number of anilines is 1. The monoisotopic (exact) mass is 281 g/mol. The van der Waals surface area contributed by atoms with Gasteiger partial charge in [-0.3, -0.25) is 9.59 Å². The summed E-state index contributed by atoms with van der Waals surface area (Å²) < 4.78 is 0. The fourth-order valence-electron chi connectivity index (χ4n) is 2.58. The Morgan fingerprint density at radius 2 is 1.43 bits per heavy atom. The highest BCUT2D eigenvalue weighted by Gasteiger charge is 2.32. The summed E-state index contributed by atoms with van der Waals surface area (Å²) in [6, 6.07) is 11.8. The molecular weight excluding hydrogens is 266 g/mol. The van der Waals surface area contributed by atoms with E-state index < -0.39 is 5.72 Å². The average molecular weight is 281 g/mol. The van der Waals surface area contributed by atoms with Gasteiger partial charge in [0, 0.05) is 22.4 Å². The first kappa shape index (κ1) is 13.5. The molecule has 2 aromatic rings. The van der Waals surface area contributed by atoms with Gasteiger partial charge in [0.25, 0.3) is 0 Å². The number of rotatable bonds is 2. The Morgan fingerprint density at radius 3 is 2.05 bits per heavy atom. The van der Waals surface area contributed by atoms with Crippen LogP contribution in [-0.4, -0.2) is 22.4 Å². The third-order valence-corrected chi connectivity index (χ3v) is 3.39. The average Bonchev–Trinajstić information content (AvgIpc) is 2.43. The molecule has 0 amide bonds. The van der Waals surface area contributed by atoms with Gasteiger partial charge in [-0.1, -0.05) is 36.4 Å². The van der Waals surface area contributed by atoms with Crippen LogP contribution in [0.4, 0.5) is 5.69 Å². The van der Waals surface area contributed by atoms with Crippen molar-refractivity contribution in [1.29, 1.82) is 0 Å². The smallest absolute Gasteiger partial charge is 0.196 e. The zero-order chi connectivity index (χ0) is 15.2. The molecule has 1 aliphatic carbocycles. The minimum absolute atomic E-state index is 0.167. The molecule has 21 heavy (non-hydrogen) atoms. The second kappa shape index (κ2) is 4.53. The maximum atomic E-state index is 12.7. The highest BCUT2D eigenvalue weighted by molar-refractivity contribution is 6.30. The Kier molecular flexibility index (Phi) is 2.92. The van der Waals surface area contributed by atoms with Crippen LogP contribution in [0.5, 0.6) is 0 Å². The van der Waals surface area contributed by atoms with Gasteiger partial charge in [0.15, 0.2) is 11.6 Å². The van der Waals surface area contributed by atoms with Crippen molar-refractivity contribution in [3.05, 3.63) is 64.7 Å². The summed E-state index contributed by atoms with van der Waals surface area (Å²) >= 11 is 0. The van der Waals surface area contributed by atoms with Crippen molar-refractivity contribution in [1.82, 2.24) is 0 Å². The number of carbonyl (C=O) groups is 2. The molecule has 4 heteroatoms. The van der Waals surface area contributed by atoms with Crippen LogP contribution < -0.4 is 5.32 Å². The lowest BCUT2D eigenvalue weighted by molar-refractivity contribution is 0.0976. The van der Waals surface area contributed by atoms with Crippen molar-refractivity contribution in [3.8, 4) is 0 Å². The van der Waals surface area contributed by atoms with Crippen LogP contribution in [-0.2, 0) is 0 Å².